The van der Waals surface area contributed by atoms with Gasteiger partial charge in [-0.3, -0.25) is 19.6 Å². The van der Waals surface area contributed by atoms with Crippen molar-refractivity contribution in [2.75, 3.05) is 16.8 Å². The van der Waals surface area contributed by atoms with Crippen LogP contribution in [-0.4, -0.2) is 29.5 Å². The number of para-hydroxylation sites is 1. The van der Waals surface area contributed by atoms with E-state index in [2.05, 4.69) is 5.32 Å². The topological polar surface area (TPSA) is 98.7 Å². The van der Waals surface area contributed by atoms with Gasteiger partial charge in [0.15, 0.2) is 0 Å². The third-order valence-electron chi connectivity index (χ3n) is 3.89. The fraction of sp³-hybridized carbons (Fsp3) is 0.190. The number of benzene rings is 2. The summed E-state index contributed by atoms with van der Waals surface area (Å²) in [6.07, 6.45) is 3.02. The molecule has 7 heteroatoms. The van der Waals surface area contributed by atoms with Crippen molar-refractivity contribution in [1.29, 1.82) is 0 Å². The van der Waals surface area contributed by atoms with Gasteiger partial charge in [0.2, 0.25) is 11.8 Å². The van der Waals surface area contributed by atoms with Crippen LogP contribution >= 0.6 is 0 Å². The molecule has 2 aromatic rings. The van der Waals surface area contributed by atoms with Crippen LogP contribution in [0.3, 0.4) is 0 Å². The highest BCUT2D eigenvalue weighted by Gasteiger charge is 2.15. The molecule has 146 valence electrons. The quantitative estimate of drug-likeness (QED) is 0.372. The molecule has 0 fully saturated rings. The zero-order valence-corrected chi connectivity index (χ0v) is 15.6. The molecule has 0 atom stereocenters. The van der Waals surface area contributed by atoms with Gasteiger partial charge in [0.05, 0.1) is 6.42 Å². The summed E-state index contributed by atoms with van der Waals surface area (Å²) >= 11 is 0. The van der Waals surface area contributed by atoms with E-state index in [1.807, 2.05) is 37.3 Å². The van der Waals surface area contributed by atoms with Crippen molar-refractivity contribution in [3.05, 3.63) is 72.3 Å². The summed E-state index contributed by atoms with van der Waals surface area (Å²) in [7, 11) is 0. The lowest BCUT2D eigenvalue weighted by atomic mass is 10.1. The Bertz CT molecular complexity index is 832. The maximum absolute atomic E-state index is 12.7. The number of carbonyl (C=O) groups is 3. The van der Waals surface area contributed by atoms with E-state index in [0.717, 1.165) is 29.8 Å². The Hall–Kier alpha value is -3.45. The van der Waals surface area contributed by atoms with Gasteiger partial charge in [-0.15, -0.1) is 0 Å². The molecule has 0 aliphatic heterocycles. The molecule has 0 radical (unpaired) electrons. The molecule has 0 spiro atoms. The van der Waals surface area contributed by atoms with Crippen LogP contribution in [0.15, 0.2) is 66.7 Å². The van der Waals surface area contributed by atoms with Crippen molar-refractivity contribution >= 4 is 29.1 Å². The van der Waals surface area contributed by atoms with Crippen molar-refractivity contribution in [1.82, 2.24) is 5.48 Å². The minimum Gasteiger partial charge on any atom is -0.323 e. The smallest absolute Gasteiger partial charge is 0.267 e. The van der Waals surface area contributed by atoms with E-state index < -0.39 is 11.8 Å². The number of anilines is 2. The lowest BCUT2D eigenvalue weighted by molar-refractivity contribution is -0.124. The molecule has 3 N–H and O–H groups in total. The zero-order valence-electron chi connectivity index (χ0n) is 15.6. The summed E-state index contributed by atoms with van der Waals surface area (Å²) in [6.45, 7) is 2.67. The lowest BCUT2D eigenvalue weighted by Crippen LogP contribution is -2.32. The third kappa shape index (κ3) is 6.37. The Balaban J connectivity index is 1.99. The van der Waals surface area contributed by atoms with E-state index in [-0.39, 0.29) is 12.3 Å². The molecule has 0 bridgehead atoms. The van der Waals surface area contributed by atoms with Gasteiger partial charge >= 0.3 is 0 Å². The Labute approximate surface area is 163 Å². The molecule has 0 saturated carbocycles. The van der Waals surface area contributed by atoms with Gasteiger partial charge in [0.1, 0.15) is 0 Å². The molecular weight excluding hydrogens is 358 g/mol. The maximum atomic E-state index is 12.7. The molecule has 0 aromatic heterocycles. The summed E-state index contributed by atoms with van der Waals surface area (Å²) in [5.41, 5.74) is 3.63. The van der Waals surface area contributed by atoms with Gasteiger partial charge in [0, 0.05) is 30.1 Å². The molecule has 0 aliphatic carbocycles. The SMILES string of the molecule is CCCN(C(=O)Cc1ccc(NC(=O)/C=C/C(=O)NO)cc1)c1ccccc1. The summed E-state index contributed by atoms with van der Waals surface area (Å²) in [5, 5.41) is 11.0. The van der Waals surface area contributed by atoms with Gasteiger partial charge in [-0.25, -0.2) is 5.48 Å². The maximum Gasteiger partial charge on any atom is 0.267 e. The Kier molecular flexibility index (Phi) is 7.92. The summed E-state index contributed by atoms with van der Waals surface area (Å²) < 4.78 is 0. The largest absolute Gasteiger partial charge is 0.323 e. The summed E-state index contributed by atoms with van der Waals surface area (Å²) in [4.78, 5) is 37.1. The molecule has 0 heterocycles. The van der Waals surface area contributed by atoms with E-state index >= 15 is 0 Å². The van der Waals surface area contributed by atoms with Crippen LogP contribution in [0.2, 0.25) is 0 Å². The monoisotopic (exact) mass is 381 g/mol. The van der Waals surface area contributed by atoms with Crippen molar-refractivity contribution in [2.24, 2.45) is 0 Å². The third-order valence-corrected chi connectivity index (χ3v) is 3.89. The summed E-state index contributed by atoms with van der Waals surface area (Å²) in [5.74, 6) is -1.30. The molecule has 28 heavy (non-hydrogen) atoms. The van der Waals surface area contributed by atoms with Crippen LogP contribution in [0.4, 0.5) is 11.4 Å². The fourth-order valence-corrected chi connectivity index (χ4v) is 2.58. The van der Waals surface area contributed by atoms with Crippen LogP contribution in [0.1, 0.15) is 18.9 Å². The number of hydrogen-bond donors (Lipinski definition) is 3. The fourth-order valence-electron chi connectivity index (χ4n) is 2.58. The predicted octanol–water partition coefficient (Wildman–Crippen LogP) is 2.67. The van der Waals surface area contributed by atoms with Crippen molar-refractivity contribution in [3.8, 4) is 0 Å². The van der Waals surface area contributed by atoms with Crippen LogP contribution in [0.25, 0.3) is 0 Å². The first kappa shape index (κ1) is 20.9. The van der Waals surface area contributed by atoms with Crippen molar-refractivity contribution < 1.29 is 19.6 Å². The molecule has 0 unspecified atom stereocenters. The van der Waals surface area contributed by atoms with E-state index in [9.17, 15) is 14.4 Å². The molecule has 0 aliphatic rings. The molecular formula is C21H23N3O4. The van der Waals surface area contributed by atoms with E-state index in [0.29, 0.717) is 12.2 Å². The van der Waals surface area contributed by atoms with Crippen LogP contribution < -0.4 is 15.7 Å². The Morgan fingerprint density at radius 2 is 1.61 bits per heavy atom. The average Bonchev–Trinajstić information content (AvgIpc) is 2.72. The van der Waals surface area contributed by atoms with E-state index in [4.69, 9.17) is 5.21 Å². The zero-order chi connectivity index (χ0) is 20.4. The first-order valence-corrected chi connectivity index (χ1v) is 8.91. The number of rotatable bonds is 8. The molecule has 2 rings (SSSR count). The number of nitrogens with one attached hydrogen (secondary N) is 2. The number of hydroxylamine groups is 1. The highest BCUT2D eigenvalue weighted by molar-refractivity contribution is 6.03. The molecule has 0 saturated heterocycles. The number of carbonyl (C=O) groups excluding carboxylic acids is 3. The van der Waals surface area contributed by atoms with E-state index in [1.165, 1.54) is 5.48 Å². The Morgan fingerprint density at radius 1 is 0.964 bits per heavy atom. The standard InChI is InChI=1S/C21H23N3O4/c1-2-14-24(18-6-4-3-5-7-18)21(27)15-16-8-10-17(11-9-16)22-19(25)12-13-20(26)23-28/h3-13,28H,2,14-15H2,1H3,(H,22,25)(H,23,26)/b13-12+. The van der Waals surface area contributed by atoms with Gasteiger partial charge in [-0.2, -0.15) is 0 Å². The molecule has 3 amide bonds. The number of nitrogens with zero attached hydrogens (tertiary/aromatic N) is 1. The van der Waals surface area contributed by atoms with Crippen LogP contribution in [-0.2, 0) is 20.8 Å². The van der Waals surface area contributed by atoms with Gasteiger partial charge in [-0.1, -0.05) is 37.3 Å². The lowest BCUT2D eigenvalue weighted by Gasteiger charge is -2.22. The normalized spacial score (nSPS) is 10.5. The minimum absolute atomic E-state index is 0.00258. The number of hydrogen-bond acceptors (Lipinski definition) is 4. The van der Waals surface area contributed by atoms with Crippen LogP contribution in [0, 0.1) is 0 Å². The predicted molar refractivity (Wildman–Crippen MR) is 107 cm³/mol. The molecule has 7 nitrogen and oxygen atoms in total. The second-order valence-electron chi connectivity index (χ2n) is 6.05. The summed E-state index contributed by atoms with van der Waals surface area (Å²) in [6, 6.07) is 16.5. The second-order valence-corrected chi connectivity index (χ2v) is 6.05. The average molecular weight is 381 g/mol. The van der Waals surface area contributed by atoms with E-state index in [1.54, 1.807) is 29.2 Å². The highest BCUT2D eigenvalue weighted by atomic mass is 16.5. The first-order chi connectivity index (χ1) is 13.5. The number of amides is 3. The minimum atomic E-state index is -0.793. The Morgan fingerprint density at radius 3 is 2.21 bits per heavy atom. The van der Waals surface area contributed by atoms with Gasteiger partial charge < -0.3 is 10.2 Å². The van der Waals surface area contributed by atoms with Crippen molar-refractivity contribution in [2.45, 2.75) is 19.8 Å². The van der Waals surface area contributed by atoms with Gasteiger partial charge in [0.25, 0.3) is 5.91 Å². The first-order valence-electron chi connectivity index (χ1n) is 8.91. The van der Waals surface area contributed by atoms with Crippen LogP contribution in [0.5, 0.6) is 0 Å². The highest BCUT2D eigenvalue weighted by Crippen LogP contribution is 2.17. The van der Waals surface area contributed by atoms with Crippen molar-refractivity contribution in [3.63, 3.8) is 0 Å². The molecule has 2 aromatic carbocycles. The second kappa shape index (κ2) is 10.6. The van der Waals surface area contributed by atoms with Gasteiger partial charge in [-0.05, 0) is 36.2 Å².